The summed E-state index contributed by atoms with van der Waals surface area (Å²) < 4.78 is 4.78. The smallest absolute Gasteiger partial charge is 0.347 e. The zero-order valence-corrected chi connectivity index (χ0v) is 10.3. The number of morpholine rings is 1. The summed E-state index contributed by atoms with van der Waals surface area (Å²) in [7, 11) is 0. The number of hydrogen-bond donors (Lipinski definition) is 1. The van der Waals surface area contributed by atoms with E-state index in [9.17, 15) is 14.4 Å². The van der Waals surface area contributed by atoms with Gasteiger partial charge in [-0.05, 0) is 6.92 Å². The summed E-state index contributed by atoms with van der Waals surface area (Å²) in [5.41, 5.74) is 0.385. The maximum atomic E-state index is 11.5. The van der Waals surface area contributed by atoms with Crippen molar-refractivity contribution in [2.24, 2.45) is 0 Å². The number of aromatic carboxylic acids is 1. The molecule has 1 fully saturated rings. The highest BCUT2D eigenvalue weighted by Crippen LogP contribution is 2.20. The number of rotatable bonds is 3. The lowest BCUT2D eigenvalue weighted by atomic mass is 10.4. The van der Waals surface area contributed by atoms with Crippen LogP contribution in [0.4, 0.5) is 0 Å². The first-order valence-corrected chi connectivity index (χ1v) is 5.91. The Bertz CT molecular complexity index is 508. The highest BCUT2D eigenvalue weighted by Gasteiger charge is 2.28. The first-order valence-electron chi connectivity index (χ1n) is 5.09. The number of carboxylic acids is 1. The summed E-state index contributed by atoms with van der Waals surface area (Å²) in [6.45, 7) is 1.30. The molecule has 0 radical (unpaired) electrons. The normalized spacial score (nSPS) is 16.2. The van der Waals surface area contributed by atoms with Gasteiger partial charge < -0.3 is 9.84 Å². The molecule has 1 aromatic heterocycles. The van der Waals surface area contributed by atoms with Gasteiger partial charge in [-0.2, -0.15) is 0 Å². The van der Waals surface area contributed by atoms with E-state index in [1.165, 1.54) is 0 Å². The number of imide groups is 1. The molecule has 1 aliphatic rings. The largest absolute Gasteiger partial charge is 0.477 e. The number of nitrogens with zero attached hydrogens (tertiary/aromatic N) is 2. The number of carboxylic acid groups (broad SMARTS) is 1. The van der Waals surface area contributed by atoms with E-state index in [1.54, 1.807) is 6.92 Å². The van der Waals surface area contributed by atoms with Gasteiger partial charge in [0.2, 0.25) is 0 Å². The zero-order valence-electron chi connectivity index (χ0n) is 9.50. The van der Waals surface area contributed by atoms with Crippen LogP contribution in [0.1, 0.15) is 20.4 Å². The van der Waals surface area contributed by atoms with Crippen molar-refractivity contribution in [2.75, 3.05) is 13.2 Å². The Hall–Kier alpha value is -1.80. The van der Waals surface area contributed by atoms with Crippen LogP contribution in [0.2, 0.25) is 0 Å². The number of hydrogen-bond acceptors (Lipinski definition) is 6. The Labute approximate surface area is 106 Å². The molecule has 0 aromatic carbocycles. The van der Waals surface area contributed by atoms with Gasteiger partial charge >= 0.3 is 5.97 Å². The predicted octanol–water partition coefficient (Wildman–Crippen LogP) is 0.0351. The molecule has 1 N–H and O–H groups in total. The molecular formula is C10H10N2O5S. The van der Waals surface area contributed by atoms with E-state index >= 15 is 0 Å². The molecule has 0 aliphatic carbocycles. The lowest BCUT2D eigenvalue weighted by Gasteiger charge is -2.23. The van der Waals surface area contributed by atoms with Crippen LogP contribution in [-0.2, 0) is 20.9 Å². The molecule has 0 spiro atoms. The molecule has 2 rings (SSSR count). The van der Waals surface area contributed by atoms with E-state index in [0.29, 0.717) is 10.7 Å². The molecule has 7 nitrogen and oxygen atoms in total. The quantitative estimate of drug-likeness (QED) is 0.779. The average molecular weight is 270 g/mol. The minimum Gasteiger partial charge on any atom is -0.477 e. The molecule has 1 aliphatic heterocycles. The van der Waals surface area contributed by atoms with Gasteiger partial charge in [0, 0.05) is 0 Å². The van der Waals surface area contributed by atoms with Crippen LogP contribution < -0.4 is 0 Å². The SMILES string of the molecule is Cc1nc(CN2C(=O)COCC2=O)sc1C(=O)O. The van der Waals surface area contributed by atoms with E-state index < -0.39 is 17.8 Å². The first-order chi connectivity index (χ1) is 8.49. The molecule has 2 amide bonds. The van der Waals surface area contributed by atoms with Crippen molar-refractivity contribution in [3.05, 3.63) is 15.6 Å². The molecule has 2 heterocycles. The number of carbonyl (C=O) groups excluding carboxylic acids is 2. The topological polar surface area (TPSA) is 96.8 Å². The van der Waals surface area contributed by atoms with E-state index in [0.717, 1.165) is 16.2 Å². The van der Waals surface area contributed by atoms with Crippen LogP contribution in [0.25, 0.3) is 0 Å². The molecule has 1 saturated heterocycles. The molecule has 18 heavy (non-hydrogen) atoms. The summed E-state index contributed by atoms with van der Waals surface area (Å²) in [5, 5.41) is 9.32. The third-order valence-electron chi connectivity index (χ3n) is 2.38. The second kappa shape index (κ2) is 4.83. The van der Waals surface area contributed by atoms with Crippen molar-refractivity contribution in [3.8, 4) is 0 Å². The fourth-order valence-corrected chi connectivity index (χ4v) is 2.44. The van der Waals surface area contributed by atoms with Crippen LogP contribution in [0.15, 0.2) is 0 Å². The summed E-state index contributed by atoms with van der Waals surface area (Å²) >= 11 is 0.968. The standard InChI is InChI=1S/C10H10N2O5S/c1-5-9(10(15)16)18-6(11-5)2-12-7(13)3-17-4-8(12)14/h2-4H2,1H3,(H,15,16). The monoisotopic (exact) mass is 270 g/mol. The van der Waals surface area contributed by atoms with Gasteiger partial charge in [0.05, 0.1) is 12.2 Å². The van der Waals surface area contributed by atoms with Gasteiger partial charge in [-0.25, -0.2) is 9.78 Å². The summed E-state index contributed by atoms with van der Waals surface area (Å²) in [4.78, 5) is 39.0. The molecule has 0 unspecified atom stereocenters. The van der Waals surface area contributed by atoms with Crippen molar-refractivity contribution in [1.82, 2.24) is 9.88 Å². The number of aromatic nitrogens is 1. The van der Waals surface area contributed by atoms with Gasteiger partial charge in [0.1, 0.15) is 23.1 Å². The number of amides is 2. The van der Waals surface area contributed by atoms with Crippen LogP contribution in [0.5, 0.6) is 0 Å². The van der Waals surface area contributed by atoms with Gasteiger partial charge in [0.25, 0.3) is 11.8 Å². The molecule has 96 valence electrons. The maximum Gasteiger partial charge on any atom is 0.347 e. The lowest BCUT2D eigenvalue weighted by Crippen LogP contribution is -2.45. The molecule has 0 bridgehead atoms. The van der Waals surface area contributed by atoms with Crippen molar-refractivity contribution < 1.29 is 24.2 Å². The van der Waals surface area contributed by atoms with Crippen molar-refractivity contribution in [2.45, 2.75) is 13.5 Å². The number of ether oxygens (including phenoxy) is 1. The first kappa shape index (κ1) is 12.7. The van der Waals surface area contributed by atoms with Gasteiger partial charge in [0.15, 0.2) is 0 Å². The van der Waals surface area contributed by atoms with Crippen LogP contribution in [0.3, 0.4) is 0 Å². The maximum absolute atomic E-state index is 11.5. The van der Waals surface area contributed by atoms with E-state index in [1.807, 2.05) is 0 Å². The fraction of sp³-hybridized carbons (Fsp3) is 0.400. The van der Waals surface area contributed by atoms with E-state index in [-0.39, 0.29) is 24.6 Å². The molecular weight excluding hydrogens is 260 g/mol. The molecule has 1 aromatic rings. The highest BCUT2D eigenvalue weighted by molar-refractivity contribution is 7.13. The van der Waals surface area contributed by atoms with Gasteiger partial charge in [-0.1, -0.05) is 0 Å². The van der Waals surface area contributed by atoms with Gasteiger partial charge in [-0.3, -0.25) is 14.5 Å². The Kier molecular flexibility index (Phi) is 3.39. The summed E-state index contributed by atoms with van der Waals surface area (Å²) in [6, 6.07) is 0. The lowest BCUT2D eigenvalue weighted by molar-refractivity contribution is -0.159. The minimum absolute atomic E-state index is 0.000185. The van der Waals surface area contributed by atoms with E-state index in [4.69, 9.17) is 9.84 Å². The van der Waals surface area contributed by atoms with Crippen molar-refractivity contribution in [1.29, 1.82) is 0 Å². The fourth-order valence-electron chi connectivity index (χ4n) is 1.55. The highest BCUT2D eigenvalue weighted by atomic mass is 32.1. The minimum atomic E-state index is -1.06. The second-order valence-electron chi connectivity index (χ2n) is 3.69. The number of thiazole rings is 1. The molecule has 0 saturated carbocycles. The molecule has 8 heteroatoms. The Morgan fingerprint density at radius 2 is 2.06 bits per heavy atom. The predicted molar refractivity (Wildman–Crippen MR) is 60.2 cm³/mol. The summed E-state index contributed by atoms with van der Waals surface area (Å²) in [6.07, 6.45) is 0. The van der Waals surface area contributed by atoms with Crippen LogP contribution in [0, 0.1) is 6.92 Å². The average Bonchev–Trinajstić information content (AvgIpc) is 2.65. The Morgan fingerprint density at radius 3 is 2.56 bits per heavy atom. The zero-order chi connectivity index (χ0) is 13.3. The molecule has 0 atom stereocenters. The van der Waals surface area contributed by atoms with E-state index in [2.05, 4.69) is 4.98 Å². The summed E-state index contributed by atoms with van der Waals surface area (Å²) in [5.74, 6) is -1.93. The third kappa shape index (κ3) is 2.39. The van der Waals surface area contributed by atoms with Crippen molar-refractivity contribution >= 4 is 29.1 Å². The number of carbonyl (C=O) groups is 3. The Morgan fingerprint density at radius 1 is 1.44 bits per heavy atom. The van der Waals surface area contributed by atoms with Gasteiger partial charge in [-0.15, -0.1) is 11.3 Å². The third-order valence-corrected chi connectivity index (χ3v) is 3.51. The van der Waals surface area contributed by atoms with Crippen molar-refractivity contribution in [3.63, 3.8) is 0 Å². The van der Waals surface area contributed by atoms with Crippen LogP contribution >= 0.6 is 11.3 Å². The second-order valence-corrected chi connectivity index (χ2v) is 4.78. The van der Waals surface area contributed by atoms with Crippen LogP contribution in [-0.4, -0.2) is 46.0 Å². The number of aryl methyl sites for hydroxylation is 1. The Balaban J connectivity index is 2.18.